The molecule has 0 aliphatic carbocycles. The highest BCUT2D eigenvalue weighted by atomic mass is 19.3. The quantitative estimate of drug-likeness (QED) is 0.447. The van der Waals surface area contributed by atoms with E-state index >= 15 is 0 Å². The second-order valence-electron chi connectivity index (χ2n) is 2.74. The van der Waals surface area contributed by atoms with Crippen LogP contribution in [0.15, 0.2) is 0 Å². The molecule has 7 heteroatoms. The van der Waals surface area contributed by atoms with Crippen molar-refractivity contribution < 1.29 is 27.9 Å². The van der Waals surface area contributed by atoms with E-state index < -0.39 is 36.0 Å². The second kappa shape index (κ2) is 3.32. The molecule has 0 radical (unpaired) electrons. The van der Waals surface area contributed by atoms with Gasteiger partial charge in [0.2, 0.25) is 11.7 Å². The minimum atomic E-state index is -3.70. The minimum Gasteiger partial charge on any atom is -0.468 e. The van der Waals surface area contributed by atoms with Crippen LogP contribution in [-0.4, -0.2) is 37.2 Å². The van der Waals surface area contributed by atoms with E-state index in [-0.39, 0.29) is 0 Å². The van der Waals surface area contributed by atoms with Gasteiger partial charge in [0, 0.05) is 0 Å². The summed E-state index contributed by atoms with van der Waals surface area (Å²) in [5.74, 6) is -9.79. The highest BCUT2D eigenvalue weighted by Gasteiger charge is 2.53. The fourth-order valence-corrected chi connectivity index (χ4v) is 1.05. The van der Waals surface area contributed by atoms with Crippen molar-refractivity contribution in [2.24, 2.45) is 5.92 Å². The largest absolute Gasteiger partial charge is 0.468 e. The van der Waals surface area contributed by atoms with E-state index in [0.717, 1.165) is 7.11 Å². The summed E-state index contributed by atoms with van der Waals surface area (Å²) in [5.41, 5.74) is 0. The number of nitrogens with one attached hydrogen (secondary N) is 1. The number of alkyl halides is 2. The fraction of sp³-hybridized carbons (Fsp3) is 0.571. The topological polar surface area (TPSA) is 72.5 Å². The number of methoxy groups -OCH3 is 1. The summed E-state index contributed by atoms with van der Waals surface area (Å²) in [7, 11) is 0.912. The summed E-state index contributed by atoms with van der Waals surface area (Å²) in [5, 5.41) is 1.76. The molecule has 1 aliphatic rings. The van der Waals surface area contributed by atoms with E-state index in [0.29, 0.717) is 0 Å². The predicted molar refractivity (Wildman–Crippen MR) is 38.5 cm³/mol. The van der Waals surface area contributed by atoms with Gasteiger partial charge in [-0.05, 0) is 0 Å². The van der Waals surface area contributed by atoms with Gasteiger partial charge in [-0.25, -0.2) is 0 Å². The maximum atomic E-state index is 12.7. The number of ether oxygens (including phenoxy) is 1. The Balaban J connectivity index is 2.96. The Morgan fingerprint density at radius 2 is 2.14 bits per heavy atom. The molecule has 14 heavy (non-hydrogen) atoms. The SMILES string of the molecule is COC(=O)C1C(=O)NCC(F)(F)C1=O. The Hall–Kier alpha value is -1.53. The molecule has 0 saturated carbocycles. The molecule has 1 atom stereocenters. The van der Waals surface area contributed by atoms with Gasteiger partial charge in [-0.15, -0.1) is 0 Å². The van der Waals surface area contributed by atoms with Crippen LogP contribution in [0.25, 0.3) is 0 Å². The zero-order chi connectivity index (χ0) is 10.9. The van der Waals surface area contributed by atoms with Crippen molar-refractivity contribution in [2.45, 2.75) is 5.92 Å². The maximum absolute atomic E-state index is 12.7. The van der Waals surface area contributed by atoms with Crippen molar-refractivity contribution in [2.75, 3.05) is 13.7 Å². The van der Waals surface area contributed by atoms with Crippen LogP contribution in [0.1, 0.15) is 0 Å². The van der Waals surface area contributed by atoms with Crippen LogP contribution in [-0.2, 0) is 19.1 Å². The van der Waals surface area contributed by atoms with Gasteiger partial charge in [0.15, 0.2) is 5.92 Å². The number of amides is 1. The molecule has 0 spiro atoms. The lowest BCUT2D eigenvalue weighted by atomic mass is 9.94. The van der Waals surface area contributed by atoms with Crippen LogP contribution in [0.4, 0.5) is 8.78 Å². The molecule has 78 valence electrons. The Morgan fingerprint density at radius 1 is 1.57 bits per heavy atom. The molecular formula is C7H7F2NO4. The van der Waals surface area contributed by atoms with Gasteiger partial charge in [0.25, 0.3) is 0 Å². The van der Waals surface area contributed by atoms with Crippen LogP contribution in [0.5, 0.6) is 0 Å². The average molecular weight is 207 g/mol. The molecule has 0 aromatic carbocycles. The van der Waals surface area contributed by atoms with Crippen molar-refractivity contribution >= 4 is 17.7 Å². The molecule has 1 N–H and O–H groups in total. The number of ketones is 1. The van der Waals surface area contributed by atoms with Crippen molar-refractivity contribution in [1.29, 1.82) is 0 Å². The minimum absolute atomic E-state index is 0.912. The van der Waals surface area contributed by atoms with Crippen LogP contribution in [0.2, 0.25) is 0 Å². The van der Waals surface area contributed by atoms with Gasteiger partial charge < -0.3 is 10.1 Å². The van der Waals surface area contributed by atoms with Gasteiger partial charge in [0.1, 0.15) is 0 Å². The number of carbonyl (C=O) groups excluding carboxylic acids is 3. The number of halogens is 2. The van der Waals surface area contributed by atoms with Crippen molar-refractivity contribution in [3.63, 3.8) is 0 Å². The van der Waals surface area contributed by atoms with Gasteiger partial charge in [-0.1, -0.05) is 0 Å². The lowest BCUT2D eigenvalue weighted by Crippen LogP contribution is -2.57. The molecule has 1 unspecified atom stereocenters. The summed E-state index contributed by atoms with van der Waals surface area (Å²) in [4.78, 5) is 32.7. The van der Waals surface area contributed by atoms with E-state index in [1.807, 2.05) is 0 Å². The standard InChI is InChI=1S/C7H7F2NO4/c1-14-6(13)3-4(11)7(8,9)2-10-5(3)12/h3H,2H2,1H3,(H,10,12). The Bertz CT molecular complexity index is 294. The van der Waals surface area contributed by atoms with E-state index in [9.17, 15) is 23.2 Å². The first-order valence-corrected chi connectivity index (χ1v) is 3.68. The summed E-state index contributed by atoms with van der Waals surface area (Å²) in [6, 6.07) is 0. The Labute approximate surface area is 77.4 Å². The molecule has 0 aromatic rings. The zero-order valence-corrected chi connectivity index (χ0v) is 7.17. The van der Waals surface area contributed by atoms with E-state index in [1.165, 1.54) is 0 Å². The monoisotopic (exact) mass is 207 g/mol. The Morgan fingerprint density at radius 3 is 2.64 bits per heavy atom. The summed E-state index contributed by atoms with van der Waals surface area (Å²) >= 11 is 0. The number of hydrogen-bond acceptors (Lipinski definition) is 4. The average Bonchev–Trinajstić information content (AvgIpc) is 2.13. The third-order valence-corrected chi connectivity index (χ3v) is 1.81. The van der Waals surface area contributed by atoms with Crippen molar-refractivity contribution in [1.82, 2.24) is 5.32 Å². The lowest BCUT2D eigenvalue weighted by Gasteiger charge is -2.25. The normalized spacial score (nSPS) is 25.5. The van der Waals surface area contributed by atoms with Gasteiger partial charge >= 0.3 is 11.9 Å². The number of hydrogen-bond donors (Lipinski definition) is 1. The van der Waals surface area contributed by atoms with Crippen LogP contribution in [0, 0.1) is 5.92 Å². The molecule has 5 nitrogen and oxygen atoms in total. The summed E-state index contributed by atoms with van der Waals surface area (Å²) in [6.07, 6.45) is 0. The first kappa shape index (κ1) is 10.6. The number of rotatable bonds is 1. The van der Waals surface area contributed by atoms with Crippen molar-refractivity contribution in [3.05, 3.63) is 0 Å². The fourth-order valence-electron chi connectivity index (χ4n) is 1.05. The first-order valence-electron chi connectivity index (χ1n) is 3.68. The lowest BCUT2D eigenvalue weighted by molar-refractivity contribution is -0.167. The number of piperidine rings is 1. The maximum Gasteiger partial charge on any atom is 0.326 e. The molecule has 0 aromatic heterocycles. The van der Waals surface area contributed by atoms with Crippen LogP contribution >= 0.6 is 0 Å². The van der Waals surface area contributed by atoms with E-state index in [4.69, 9.17) is 0 Å². The number of esters is 1. The first-order chi connectivity index (χ1) is 6.40. The van der Waals surface area contributed by atoms with Crippen LogP contribution in [0.3, 0.4) is 0 Å². The smallest absolute Gasteiger partial charge is 0.326 e. The van der Waals surface area contributed by atoms with Crippen LogP contribution < -0.4 is 5.32 Å². The summed E-state index contributed by atoms with van der Waals surface area (Å²) in [6.45, 7) is -1.07. The summed E-state index contributed by atoms with van der Waals surface area (Å²) < 4.78 is 29.6. The molecule has 1 fully saturated rings. The third kappa shape index (κ3) is 1.57. The highest BCUT2D eigenvalue weighted by molar-refractivity contribution is 6.20. The van der Waals surface area contributed by atoms with Crippen molar-refractivity contribution in [3.8, 4) is 0 Å². The molecule has 1 heterocycles. The Kier molecular flexibility index (Phi) is 2.50. The zero-order valence-electron chi connectivity index (χ0n) is 7.17. The second-order valence-corrected chi connectivity index (χ2v) is 2.74. The predicted octanol–water partition coefficient (Wildman–Crippen LogP) is -0.890. The van der Waals surface area contributed by atoms with Gasteiger partial charge in [-0.3, -0.25) is 14.4 Å². The molecule has 1 rings (SSSR count). The van der Waals surface area contributed by atoms with Gasteiger partial charge in [0.05, 0.1) is 13.7 Å². The van der Waals surface area contributed by atoms with Gasteiger partial charge in [-0.2, -0.15) is 8.78 Å². The third-order valence-electron chi connectivity index (χ3n) is 1.81. The molecule has 1 saturated heterocycles. The molecule has 1 amide bonds. The highest BCUT2D eigenvalue weighted by Crippen LogP contribution is 2.23. The van der Waals surface area contributed by atoms with E-state index in [1.54, 1.807) is 5.32 Å². The molecule has 0 bridgehead atoms. The number of Topliss-reactive ketones (excluding diaryl/α,β-unsaturated/α-hetero) is 1. The molecule has 1 aliphatic heterocycles. The van der Waals surface area contributed by atoms with E-state index in [2.05, 4.69) is 4.74 Å². The molecular weight excluding hydrogens is 200 g/mol. The number of carbonyl (C=O) groups is 3.